The Morgan fingerprint density at radius 1 is 0.667 bits per heavy atom. The number of nitrogens with zero attached hydrogens (tertiary/aromatic N) is 4. The molecule has 3 aromatic carbocycles. The Kier molecular flexibility index (Phi) is 10.3. The predicted octanol–water partition coefficient (Wildman–Crippen LogP) is 11.6. The van der Waals surface area contributed by atoms with Crippen LogP contribution in [0.5, 0.6) is 0 Å². The summed E-state index contributed by atoms with van der Waals surface area (Å²) in [6.07, 6.45) is 24.8. The molecule has 0 spiro atoms. The zero-order valence-electron chi connectivity index (χ0n) is 29.4. The van der Waals surface area contributed by atoms with Crippen molar-refractivity contribution in [3.05, 3.63) is 192 Å². The van der Waals surface area contributed by atoms with E-state index in [-0.39, 0.29) is 0 Å². The third-order valence-electron chi connectivity index (χ3n) is 9.26. The van der Waals surface area contributed by atoms with Gasteiger partial charge in [0.05, 0.1) is 0 Å². The second-order valence-electron chi connectivity index (χ2n) is 13.0. The lowest BCUT2D eigenvalue weighted by atomic mass is 9.90. The molecule has 0 saturated carbocycles. The van der Waals surface area contributed by atoms with Gasteiger partial charge in [-0.1, -0.05) is 140 Å². The number of hydrogen-bond donors (Lipinski definition) is 0. The van der Waals surface area contributed by atoms with Crippen molar-refractivity contribution in [2.75, 3.05) is 0 Å². The Morgan fingerprint density at radius 3 is 2.12 bits per heavy atom. The molecule has 250 valence electrons. The van der Waals surface area contributed by atoms with Crippen molar-refractivity contribution >= 4 is 11.1 Å². The van der Waals surface area contributed by atoms with Gasteiger partial charge in [0.2, 0.25) is 0 Å². The van der Waals surface area contributed by atoms with E-state index in [1.165, 1.54) is 11.1 Å². The summed E-state index contributed by atoms with van der Waals surface area (Å²) in [4.78, 5) is 19.7. The standard InChI is InChI=1S/C47H42N4/c1-33-26-31-44(35(3)48-33)41-23-15-24-42(32-41)47-50-45(39-21-11-6-12-22-39)49-46(51-47)40-29-27-37(28-30-40)34(2)43(38-19-9-5-10-20-38)25-14-13-18-36-16-7-4-8-17-36/h4,7-9,11,13-17,19-32H,2,5-6,10,12,18H2,1,3H3/b14-13-,43-25+. The first kappa shape index (κ1) is 33.5. The molecule has 0 fully saturated rings. The Morgan fingerprint density at radius 2 is 1.39 bits per heavy atom. The molecular formula is C47H42N4. The number of benzene rings is 3. The number of aryl methyl sites for hydroxylation is 2. The molecule has 2 aliphatic carbocycles. The van der Waals surface area contributed by atoms with E-state index >= 15 is 0 Å². The van der Waals surface area contributed by atoms with Crippen LogP contribution < -0.4 is 0 Å². The van der Waals surface area contributed by atoms with Gasteiger partial charge in [0.1, 0.15) is 0 Å². The molecule has 0 amide bonds. The first-order valence-corrected chi connectivity index (χ1v) is 17.8. The topological polar surface area (TPSA) is 51.6 Å². The molecule has 0 N–H and O–H groups in total. The fourth-order valence-corrected chi connectivity index (χ4v) is 6.50. The first-order chi connectivity index (χ1) is 25.0. The van der Waals surface area contributed by atoms with Crippen molar-refractivity contribution in [1.29, 1.82) is 0 Å². The SMILES string of the molecule is C=C(/C(=C\C=C/Cc1ccccc1)C1=CCCC=C1)c1ccc(-c2nc(C3=CCCC=C3)nc(-c3cccc(-c4ccc(C)nc4C)c3)n2)cc1. The third-order valence-corrected chi connectivity index (χ3v) is 9.26. The largest absolute Gasteiger partial charge is 0.258 e. The Balaban J connectivity index is 1.21. The molecule has 0 unspecified atom stereocenters. The highest BCUT2D eigenvalue weighted by Crippen LogP contribution is 2.33. The van der Waals surface area contributed by atoms with Gasteiger partial charge >= 0.3 is 0 Å². The monoisotopic (exact) mass is 662 g/mol. The van der Waals surface area contributed by atoms with Crippen LogP contribution in [0.3, 0.4) is 0 Å². The second-order valence-corrected chi connectivity index (χ2v) is 13.0. The predicted molar refractivity (Wildman–Crippen MR) is 213 cm³/mol. The molecule has 4 heteroatoms. The fraction of sp³-hybridized carbons (Fsp3) is 0.149. The van der Waals surface area contributed by atoms with Crippen molar-refractivity contribution in [3.63, 3.8) is 0 Å². The van der Waals surface area contributed by atoms with Crippen molar-refractivity contribution in [2.24, 2.45) is 0 Å². The second kappa shape index (κ2) is 15.7. The lowest BCUT2D eigenvalue weighted by Crippen LogP contribution is -2.03. The van der Waals surface area contributed by atoms with Crippen LogP contribution in [0.4, 0.5) is 0 Å². The van der Waals surface area contributed by atoms with Gasteiger partial charge in [0.15, 0.2) is 17.5 Å². The summed E-state index contributed by atoms with van der Waals surface area (Å²) in [7, 11) is 0. The lowest BCUT2D eigenvalue weighted by molar-refractivity contribution is 1.01. The average Bonchev–Trinajstić information content (AvgIpc) is 3.19. The van der Waals surface area contributed by atoms with Crippen LogP contribution in [0, 0.1) is 13.8 Å². The fourth-order valence-electron chi connectivity index (χ4n) is 6.50. The number of aromatic nitrogens is 4. The van der Waals surface area contributed by atoms with Crippen molar-refractivity contribution in [2.45, 2.75) is 46.0 Å². The molecular weight excluding hydrogens is 621 g/mol. The van der Waals surface area contributed by atoms with E-state index in [1.807, 2.05) is 6.92 Å². The van der Waals surface area contributed by atoms with E-state index in [9.17, 15) is 0 Å². The van der Waals surface area contributed by atoms with Gasteiger partial charge in [-0.15, -0.1) is 0 Å². The van der Waals surface area contributed by atoms with E-state index < -0.39 is 0 Å². The van der Waals surface area contributed by atoms with Crippen LogP contribution in [0.25, 0.3) is 45.0 Å². The van der Waals surface area contributed by atoms with Crippen molar-refractivity contribution < 1.29 is 0 Å². The van der Waals surface area contributed by atoms with Gasteiger partial charge in [-0.25, -0.2) is 15.0 Å². The van der Waals surface area contributed by atoms with Crippen LogP contribution >= 0.6 is 0 Å². The Bertz CT molecular complexity index is 2250. The van der Waals surface area contributed by atoms with E-state index in [0.717, 1.165) is 88.0 Å². The summed E-state index contributed by atoms with van der Waals surface area (Å²) in [6, 6.07) is 31.6. The van der Waals surface area contributed by atoms with Gasteiger partial charge in [-0.2, -0.15) is 0 Å². The van der Waals surface area contributed by atoms with Gasteiger partial charge in [-0.05, 0) is 91.5 Å². The maximum Gasteiger partial charge on any atom is 0.164 e. The van der Waals surface area contributed by atoms with Crippen molar-refractivity contribution in [3.8, 4) is 33.9 Å². The van der Waals surface area contributed by atoms with Gasteiger partial charge < -0.3 is 0 Å². The summed E-state index contributed by atoms with van der Waals surface area (Å²) < 4.78 is 0. The molecule has 2 aliphatic rings. The third kappa shape index (κ3) is 8.08. The van der Waals surface area contributed by atoms with E-state index in [4.69, 9.17) is 19.9 Å². The number of pyridine rings is 1. The molecule has 2 aromatic heterocycles. The molecule has 2 heterocycles. The van der Waals surface area contributed by atoms with E-state index in [2.05, 4.69) is 159 Å². The van der Waals surface area contributed by atoms with Crippen LogP contribution in [0.1, 0.15) is 54.0 Å². The van der Waals surface area contributed by atoms with Gasteiger partial charge in [-0.3, -0.25) is 4.98 Å². The zero-order valence-corrected chi connectivity index (χ0v) is 29.4. The van der Waals surface area contributed by atoms with Gasteiger partial charge in [0, 0.05) is 33.7 Å². The molecule has 0 bridgehead atoms. The molecule has 0 saturated heterocycles. The van der Waals surface area contributed by atoms with Crippen LogP contribution in [0.15, 0.2) is 163 Å². The number of rotatable bonds is 10. The molecule has 4 nitrogen and oxygen atoms in total. The normalized spacial score (nSPS) is 14.4. The highest BCUT2D eigenvalue weighted by Gasteiger charge is 2.16. The molecule has 5 aromatic rings. The van der Waals surface area contributed by atoms with Crippen LogP contribution in [-0.4, -0.2) is 19.9 Å². The Hall–Kier alpha value is -6.00. The van der Waals surface area contributed by atoms with Gasteiger partial charge in [0.25, 0.3) is 0 Å². The van der Waals surface area contributed by atoms with Crippen LogP contribution in [0.2, 0.25) is 0 Å². The highest BCUT2D eigenvalue weighted by atomic mass is 15.0. The minimum atomic E-state index is 0.642. The Labute approximate surface area is 301 Å². The first-order valence-electron chi connectivity index (χ1n) is 17.8. The molecule has 0 atom stereocenters. The maximum atomic E-state index is 5.05. The summed E-state index contributed by atoms with van der Waals surface area (Å²) in [5, 5.41) is 0. The minimum absolute atomic E-state index is 0.642. The number of allylic oxidation sites excluding steroid dienone is 13. The zero-order chi connectivity index (χ0) is 35.0. The van der Waals surface area contributed by atoms with E-state index in [1.54, 1.807) is 0 Å². The minimum Gasteiger partial charge on any atom is -0.258 e. The quantitative estimate of drug-likeness (QED) is 0.140. The smallest absolute Gasteiger partial charge is 0.164 e. The summed E-state index contributed by atoms with van der Waals surface area (Å²) in [5.74, 6) is 1.97. The molecule has 7 rings (SSSR count). The number of hydrogen-bond acceptors (Lipinski definition) is 4. The summed E-state index contributed by atoms with van der Waals surface area (Å²) in [6.45, 7) is 8.65. The maximum absolute atomic E-state index is 5.05. The molecule has 51 heavy (non-hydrogen) atoms. The lowest BCUT2D eigenvalue weighted by Gasteiger charge is -2.15. The summed E-state index contributed by atoms with van der Waals surface area (Å²) >= 11 is 0. The summed E-state index contributed by atoms with van der Waals surface area (Å²) in [5.41, 5.74) is 12.8. The van der Waals surface area contributed by atoms with Crippen molar-refractivity contribution in [1.82, 2.24) is 19.9 Å². The highest BCUT2D eigenvalue weighted by molar-refractivity contribution is 5.84. The van der Waals surface area contributed by atoms with Crippen LogP contribution in [-0.2, 0) is 6.42 Å². The van der Waals surface area contributed by atoms with E-state index in [0.29, 0.717) is 17.5 Å². The average molecular weight is 663 g/mol. The molecule has 0 aliphatic heterocycles. The molecule has 0 radical (unpaired) electrons.